The zero-order valence-corrected chi connectivity index (χ0v) is 15.2. The molecule has 2 aromatic heterocycles. The molecule has 4 heterocycles. The molecule has 2 fully saturated rings. The van der Waals surface area contributed by atoms with E-state index in [1.54, 1.807) is 17.5 Å². The van der Waals surface area contributed by atoms with Crippen molar-refractivity contribution >= 4 is 17.2 Å². The molecule has 6 heteroatoms. The number of hydrogen-bond acceptors (Lipinski definition) is 4. The molecule has 0 aliphatic carbocycles. The van der Waals surface area contributed by atoms with Crippen LogP contribution < -0.4 is 4.90 Å². The third-order valence-electron chi connectivity index (χ3n) is 5.55. The van der Waals surface area contributed by atoms with Crippen LogP contribution in [0, 0.1) is 12.3 Å². The van der Waals surface area contributed by atoms with E-state index in [-0.39, 0.29) is 6.42 Å². The molecule has 134 valence electrons. The smallest absolute Gasteiger partial charge is 0.257 e. The van der Waals surface area contributed by atoms with Crippen LogP contribution in [0.25, 0.3) is 0 Å². The minimum Gasteiger partial charge on any atom is -0.356 e. The lowest BCUT2D eigenvalue weighted by Gasteiger charge is -2.45. The van der Waals surface area contributed by atoms with E-state index in [0.29, 0.717) is 32.6 Å². The SMILES string of the molecule is Cc1ccc(CN2CCC(F)(F)[C@@]3(CCN(c4ccccn4)C3)C2)s1. The number of rotatable bonds is 3. The predicted octanol–water partition coefficient (Wildman–Crippen LogP) is 4.19. The van der Waals surface area contributed by atoms with Gasteiger partial charge in [0.25, 0.3) is 5.92 Å². The fourth-order valence-electron chi connectivity index (χ4n) is 4.15. The van der Waals surface area contributed by atoms with Gasteiger partial charge in [0.05, 0.1) is 5.41 Å². The van der Waals surface area contributed by atoms with Gasteiger partial charge in [-0.1, -0.05) is 6.07 Å². The molecule has 2 saturated heterocycles. The highest BCUT2D eigenvalue weighted by Gasteiger charge is 2.59. The van der Waals surface area contributed by atoms with Crippen molar-refractivity contribution in [1.82, 2.24) is 9.88 Å². The van der Waals surface area contributed by atoms with E-state index in [1.165, 1.54) is 9.75 Å². The maximum atomic E-state index is 14.9. The number of likely N-dealkylation sites (tertiary alicyclic amines) is 1. The van der Waals surface area contributed by atoms with Gasteiger partial charge in [-0.15, -0.1) is 11.3 Å². The molecule has 2 aliphatic rings. The highest BCUT2D eigenvalue weighted by molar-refractivity contribution is 7.11. The average molecular weight is 363 g/mol. The molecular weight excluding hydrogens is 340 g/mol. The Morgan fingerprint density at radius 2 is 2.00 bits per heavy atom. The first-order valence-electron chi connectivity index (χ1n) is 8.79. The van der Waals surface area contributed by atoms with Crippen LogP contribution in [0.1, 0.15) is 22.6 Å². The molecule has 0 aromatic carbocycles. The minimum absolute atomic E-state index is 0.0482. The summed E-state index contributed by atoms with van der Waals surface area (Å²) in [5.41, 5.74) is -0.963. The summed E-state index contributed by atoms with van der Waals surface area (Å²) >= 11 is 1.76. The second-order valence-electron chi connectivity index (χ2n) is 7.32. The summed E-state index contributed by atoms with van der Waals surface area (Å²) in [7, 11) is 0. The van der Waals surface area contributed by atoms with Crippen molar-refractivity contribution in [1.29, 1.82) is 0 Å². The first-order valence-corrected chi connectivity index (χ1v) is 9.61. The molecule has 0 N–H and O–H groups in total. The van der Waals surface area contributed by atoms with Crippen LogP contribution >= 0.6 is 11.3 Å². The Morgan fingerprint density at radius 3 is 2.72 bits per heavy atom. The maximum Gasteiger partial charge on any atom is 0.257 e. The molecule has 4 rings (SSSR count). The van der Waals surface area contributed by atoms with E-state index in [4.69, 9.17) is 0 Å². The Balaban J connectivity index is 1.52. The molecule has 2 aromatic rings. The fourth-order valence-corrected chi connectivity index (χ4v) is 5.08. The van der Waals surface area contributed by atoms with Gasteiger partial charge < -0.3 is 4.90 Å². The number of aryl methyl sites for hydroxylation is 1. The highest BCUT2D eigenvalue weighted by Crippen LogP contribution is 2.50. The normalized spacial score (nSPS) is 26.4. The second kappa shape index (κ2) is 6.32. The molecule has 1 atom stereocenters. The molecule has 0 amide bonds. The van der Waals surface area contributed by atoms with Crippen molar-refractivity contribution < 1.29 is 8.78 Å². The highest BCUT2D eigenvalue weighted by atomic mass is 32.1. The number of aromatic nitrogens is 1. The number of pyridine rings is 1. The topological polar surface area (TPSA) is 19.4 Å². The van der Waals surface area contributed by atoms with Gasteiger partial charge in [-0.2, -0.15) is 0 Å². The number of thiophene rings is 1. The number of alkyl halides is 2. The van der Waals surface area contributed by atoms with Crippen LogP contribution in [0.15, 0.2) is 36.5 Å². The van der Waals surface area contributed by atoms with E-state index in [1.807, 2.05) is 23.1 Å². The molecule has 0 saturated carbocycles. The fraction of sp³-hybridized carbons (Fsp3) is 0.526. The summed E-state index contributed by atoms with van der Waals surface area (Å²) in [6, 6.07) is 9.90. The number of hydrogen-bond donors (Lipinski definition) is 0. The molecule has 3 nitrogen and oxygen atoms in total. The summed E-state index contributed by atoms with van der Waals surface area (Å²) in [6.07, 6.45) is 2.20. The Kier molecular flexibility index (Phi) is 4.28. The Labute approximate surface area is 151 Å². The van der Waals surface area contributed by atoms with Crippen LogP contribution in [0.4, 0.5) is 14.6 Å². The summed E-state index contributed by atoms with van der Waals surface area (Å²) in [4.78, 5) is 11.1. The number of halogens is 2. The van der Waals surface area contributed by atoms with Crippen LogP contribution in [0.2, 0.25) is 0 Å². The number of anilines is 1. The standard InChI is InChI=1S/C19H23F2N3S/c1-15-5-6-16(25-15)12-23-10-8-19(20,21)18(13-23)7-11-24(14-18)17-4-2-3-9-22-17/h2-6,9H,7-8,10-14H2,1H3/t18-/m0/s1. The molecule has 2 aliphatic heterocycles. The Morgan fingerprint density at radius 1 is 1.12 bits per heavy atom. The van der Waals surface area contributed by atoms with Crippen molar-refractivity contribution in [2.45, 2.75) is 32.2 Å². The largest absolute Gasteiger partial charge is 0.356 e. The summed E-state index contributed by atoms with van der Waals surface area (Å²) in [5, 5.41) is 0. The summed E-state index contributed by atoms with van der Waals surface area (Å²) in [6.45, 7) is 4.83. The van der Waals surface area contributed by atoms with E-state index in [2.05, 4.69) is 28.9 Å². The molecule has 25 heavy (non-hydrogen) atoms. The van der Waals surface area contributed by atoms with Gasteiger partial charge in [0, 0.05) is 55.1 Å². The van der Waals surface area contributed by atoms with Gasteiger partial charge >= 0.3 is 0 Å². The molecule has 0 radical (unpaired) electrons. The first-order chi connectivity index (χ1) is 12.0. The molecular formula is C19H23F2N3S. The van der Waals surface area contributed by atoms with Crippen molar-refractivity contribution in [3.8, 4) is 0 Å². The average Bonchev–Trinajstić information content (AvgIpc) is 3.20. The van der Waals surface area contributed by atoms with Gasteiger partial charge in [-0.25, -0.2) is 13.8 Å². The van der Waals surface area contributed by atoms with Crippen molar-refractivity contribution in [2.75, 3.05) is 31.1 Å². The van der Waals surface area contributed by atoms with E-state index in [9.17, 15) is 8.78 Å². The van der Waals surface area contributed by atoms with Crippen LogP contribution in [-0.4, -0.2) is 42.0 Å². The number of nitrogens with zero attached hydrogens (tertiary/aromatic N) is 3. The van der Waals surface area contributed by atoms with Gasteiger partial charge in [-0.3, -0.25) is 4.90 Å². The summed E-state index contributed by atoms with van der Waals surface area (Å²) in [5.74, 6) is -1.81. The zero-order chi connectivity index (χ0) is 17.5. The quantitative estimate of drug-likeness (QED) is 0.815. The van der Waals surface area contributed by atoms with Gasteiger partial charge in [0.15, 0.2) is 0 Å². The van der Waals surface area contributed by atoms with Crippen LogP contribution in [0.3, 0.4) is 0 Å². The van der Waals surface area contributed by atoms with Crippen LogP contribution in [-0.2, 0) is 6.54 Å². The first kappa shape index (κ1) is 16.9. The van der Waals surface area contributed by atoms with E-state index in [0.717, 1.165) is 12.4 Å². The predicted molar refractivity (Wildman–Crippen MR) is 97.4 cm³/mol. The maximum absolute atomic E-state index is 14.9. The van der Waals surface area contributed by atoms with Gasteiger partial charge in [0.2, 0.25) is 0 Å². The molecule has 1 spiro atoms. The lowest BCUT2D eigenvalue weighted by molar-refractivity contribution is -0.158. The van der Waals surface area contributed by atoms with Crippen molar-refractivity contribution in [3.63, 3.8) is 0 Å². The third-order valence-corrected chi connectivity index (χ3v) is 6.53. The van der Waals surface area contributed by atoms with Gasteiger partial charge in [-0.05, 0) is 37.6 Å². The summed E-state index contributed by atoms with van der Waals surface area (Å²) < 4.78 is 29.8. The Bertz CT molecular complexity index is 733. The van der Waals surface area contributed by atoms with E-state index >= 15 is 0 Å². The third kappa shape index (κ3) is 3.17. The van der Waals surface area contributed by atoms with Crippen molar-refractivity contribution in [3.05, 3.63) is 46.3 Å². The zero-order valence-electron chi connectivity index (χ0n) is 14.4. The van der Waals surface area contributed by atoms with E-state index < -0.39 is 11.3 Å². The minimum atomic E-state index is -2.61. The molecule has 0 unspecified atom stereocenters. The molecule has 0 bridgehead atoms. The van der Waals surface area contributed by atoms with Gasteiger partial charge in [0.1, 0.15) is 5.82 Å². The lowest BCUT2D eigenvalue weighted by atomic mass is 9.75. The second-order valence-corrected chi connectivity index (χ2v) is 8.69. The van der Waals surface area contributed by atoms with Crippen molar-refractivity contribution in [2.24, 2.45) is 5.41 Å². The van der Waals surface area contributed by atoms with Crippen LogP contribution in [0.5, 0.6) is 0 Å². The Hall–Kier alpha value is -1.53. The lowest BCUT2D eigenvalue weighted by Crippen LogP contribution is -2.56. The number of piperidine rings is 1. The monoisotopic (exact) mass is 363 g/mol.